The van der Waals surface area contributed by atoms with Crippen molar-refractivity contribution in [1.29, 1.82) is 0 Å². The predicted octanol–water partition coefficient (Wildman–Crippen LogP) is 4.37. The van der Waals surface area contributed by atoms with Gasteiger partial charge in [0.05, 0.1) is 22.0 Å². The van der Waals surface area contributed by atoms with Crippen LogP contribution < -0.4 is 0 Å². The number of hydrogen-bond acceptors (Lipinski definition) is 4. The van der Waals surface area contributed by atoms with Gasteiger partial charge < -0.3 is 0 Å². The van der Waals surface area contributed by atoms with Crippen molar-refractivity contribution in [3.8, 4) is 0 Å². The van der Waals surface area contributed by atoms with Crippen LogP contribution in [-0.2, 0) is 31.4 Å². The quantitative estimate of drug-likeness (QED) is 0.334. The van der Waals surface area contributed by atoms with Gasteiger partial charge in [0.25, 0.3) is 0 Å². The number of sulfone groups is 1. The highest BCUT2D eigenvalue weighted by Crippen LogP contribution is 2.24. The van der Waals surface area contributed by atoms with Gasteiger partial charge in [0, 0.05) is 33.1 Å². The van der Waals surface area contributed by atoms with Gasteiger partial charge in [-0.05, 0) is 12.8 Å². The average molecular weight is 441 g/mol. The van der Waals surface area contributed by atoms with Gasteiger partial charge in [-0.15, -0.1) is 0 Å². The van der Waals surface area contributed by atoms with E-state index in [-0.39, 0.29) is 11.5 Å². The summed E-state index contributed by atoms with van der Waals surface area (Å²) in [7, 11) is -5.57. The molecule has 162 valence electrons. The summed E-state index contributed by atoms with van der Waals surface area (Å²) in [6.45, 7) is 4.36. The Bertz CT molecular complexity index is 503. The first-order chi connectivity index (χ1) is 12.9. The van der Waals surface area contributed by atoms with Gasteiger partial charge in [-0.25, -0.2) is 8.42 Å². The number of unbranched alkanes of at least 4 members (excludes halogenated alkanes) is 10. The zero-order valence-electron chi connectivity index (χ0n) is 17.3. The van der Waals surface area contributed by atoms with E-state index in [1.54, 1.807) is 0 Å². The third-order valence-corrected chi connectivity index (χ3v) is 11.4. The topological polar surface area (TPSA) is 68.3 Å². The molecule has 4 nitrogen and oxygen atoms in total. The van der Waals surface area contributed by atoms with Crippen molar-refractivity contribution in [2.45, 2.75) is 101 Å². The van der Waals surface area contributed by atoms with Crippen molar-refractivity contribution in [3.05, 3.63) is 0 Å². The standard InChI is InChI=1S/C20H40O4S3/c1-3-5-7-9-11-13-15-25(21)19-17-27(23,24)18-20(19)26(22)16-14-12-10-8-6-4-2/h19-20H,3-18H2,1-2H3/t19-,20-,25+,26+/m0/s1. The fraction of sp³-hybridized carbons (Fsp3) is 1.00. The van der Waals surface area contributed by atoms with E-state index in [9.17, 15) is 16.8 Å². The summed E-state index contributed by atoms with van der Waals surface area (Å²) in [6.07, 6.45) is 13.5. The van der Waals surface area contributed by atoms with E-state index in [1.165, 1.54) is 38.5 Å². The highest BCUT2D eigenvalue weighted by atomic mass is 32.2. The maximum Gasteiger partial charge on any atom is 0.152 e. The fourth-order valence-electron chi connectivity index (χ4n) is 3.63. The Labute approximate surface area is 172 Å². The van der Waals surface area contributed by atoms with Crippen LogP contribution in [0.1, 0.15) is 90.9 Å². The number of rotatable bonds is 16. The molecule has 0 N–H and O–H groups in total. The van der Waals surface area contributed by atoms with Gasteiger partial charge in [-0.1, -0.05) is 78.1 Å². The predicted molar refractivity (Wildman–Crippen MR) is 119 cm³/mol. The maximum atomic E-state index is 12.7. The molecule has 1 aliphatic heterocycles. The molecule has 0 aromatic carbocycles. The molecule has 1 aliphatic rings. The first kappa shape index (κ1) is 25.3. The molecule has 1 saturated heterocycles. The molecule has 0 bridgehead atoms. The van der Waals surface area contributed by atoms with Crippen LogP contribution in [0.2, 0.25) is 0 Å². The van der Waals surface area contributed by atoms with Crippen LogP contribution in [0.15, 0.2) is 0 Å². The van der Waals surface area contributed by atoms with Crippen LogP contribution in [-0.4, -0.2) is 50.3 Å². The molecule has 0 aliphatic carbocycles. The third-order valence-electron chi connectivity index (χ3n) is 5.32. The summed E-state index contributed by atoms with van der Waals surface area (Å²) in [6, 6.07) is 0. The van der Waals surface area contributed by atoms with Gasteiger partial charge in [0.2, 0.25) is 0 Å². The summed E-state index contributed by atoms with van der Waals surface area (Å²) in [4.78, 5) is 0. The van der Waals surface area contributed by atoms with Crippen LogP contribution in [0.3, 0.4) is 0 Å². The molecular weight excluding hydrogens is 400 g/mol. The third kappa shape index (κ3) is 10.6. The van der Waals surface area contributed by atoms with E-state index in [1.807, 2.05) is 0 Å². The second kappa shape index (κ2) is 14.3. The Hall–Kier alpha value is 0.250. The largest absolute Gasteiger partial charge is 0.259 e. The Morgan fingerprint density at radius 1 is 0.630 bits per heavy atom. The minimum atomic E-state index is -3.21. The summed E-state index contributed by atoms with van der Waals surface area (Å²) >= 11 is 0. The normalized spacial score (nSPS) is 24.1. The van der Waals surface area contributed by atoms with Crippen molar-refractivity contribution < 1.29 is 16.8 Å². The van der Waals surface area contributed by atoms with Gasteiger partial charge in [0.15, 0.2) is 9.84 Å². The highest BCUT2D eigenvalue weighted by molar-refractivity contribution is 7.97. The van der Waals surface area contributed by atoms with Crippen molar-refractivity contribution in [2.24, 2.45) is 0 Å². The van der Waals surface area contributed by atoms with Crippen LogP contribution >= 0.6 is 0 Å². The minimum Gasteiger partial charge on any atom is -0.259 e. The van der Waals surface area contributed by atoms with Crippen LogP contribution in [0.4, 0.5) is 0 Å². The van der Waals surface area contributed by atoms with Crippen molar-refractivity contribution in [1.82, 2.24) is 0 Å². The average Bonchev–Trinajstić information content (AvgIpc) is 2.96. The molecule has 0 aromatic rings. The molecule has 4 atom stereocenters. The van der Waals surface area contributed by atoms with Crippen LogP contribution in [0.25, 0.3) is 0 Å². The van der Waals surface area contributed by atoms with E-state index in [2.05, 4.69) is 13.8 Å². The van der Waals surface area contributed by atoms with E-state index in [4.69, 9.17) is 0 Å². The molecule has 0 aromatic heterocycles. The monoisotopic (exact) mass is 440 g/mol. The SMILES string of the molecule is CCCCCCCC[S@@](=O)[C@H]1CS(=O)(=O)C[C@@H]1[S@](=O)CCCCCCCC. The Morgan fingerprint density at radius 2 is 0.963 bits per heavy atom. The van der Waals surface area contributed by atoms with E-state index < -0.39 is 41.9 Å². The minimum absolute atomic E-state index is 0.0393. The first-order valence-corrected chi connectivity index (χ1v) is 15.4. The Kier molecular flexibility index (Phi) is 13.4. The fourth-order valence-corrected chi connectivity index (χ4v) is 11.1. The van der Waals surface area contributed by atoms with Gasteiger partial charge in [-0.3, -0.25) is 8.42 Å². The van der Waals surface area contributed by atoms with E-state index in [0.29, 0.717) is 11.5 Å². The molecule has 0 spiro atoms. The first-order valence-electron chi connectivity index (χ1n) is 10.9. The molecule has 1 heterocycles. The molecule has 0 unspecified atom stereocenters. The lowest BCUT2D eigenvalue weighted by Crippen LogP contribution is -2.34. The van der Waals surface area contributed by atoms with E-state index >= 15 is 0 Å². The second-order valence-corrected chi connectivity index (χ2v) is 13.6. The van der Waals surface area contributed by atoms with Crippen LogP contribution in [0, 0.1) is 0 Å². The lowest BCUT2D eigenvalue weighted by Gasteiger charge is -2.17. The summed E-state index contributed by atoms with van der Waals surface area (Å²) in [5.74, 6) is 1.03. The zero-order valence-corrected chi connectivity index (χ0v) is 19.8. The molecule has 1 fully saturated rings. The zero-order chi connectivity index (χ0) is 20.1. The van der Waals surface area contributed by atoms with Crippen molar-refractivity contribution in [3.63, 3.8) is 0 Å². The second-order valence-electron chi connectivity index (χ2n) is 7.86. The lowest BCUT2D eigenvalue weighted by molar-refractivity contribution is 0.601. The number of hydrogen-bond donors (Lipinski definition) is 0. The molecular formula is C20H40O4S3. The van der Waals surface area contributed by atoms with Crippen molar-refractivity contribution >= 4 is 31.4 Å². The summed E-state index contributed by atoms with van der Waals surface area (Å²) in [5, 5.41) is -0.849. The smallest absolute Gasteiger partial charge is 0.152 e. The van der Waals surface area contributed by atoms with Gasteiger partial charge in [-0.2, -0.15) is 0 Å². The summed E-state index contributed by atoms with van der Waals surface area (Å²) < 4.78 is 49.6. The summed E-state index contributed by atoms with van der Waals surface area (Å²) in [5.41, 5.74) is 0. The molecule has 1 rings (SSSR count). The lowest BCUT2D eigenvalue weighted by atomic mass is 10.1. The molecule has 0 radical (unpaired) electrons. The van der Waals surface area contributed by atoms with Crippen LogP contribution in [0.5, 0.6) is 0 Å². The van der Waals surface area contributed by atoms with Gasteiger partial charge >= 0.3 is 0 Å². The van der Waals surface area contributed by atoms with E-state index in [0.717, 1.165) is 38.5 Å². The molecule has 0 amide bonds. The Balaban J connectivity index is 2.41. The maximum absolute atomic E-state index is 12.7. The Morgan fingerprint density at radius 3 is 1.33 bits per heavy atom. The molecule has 7 heteroatoms. The van der Waals surface area contributed by atoms with Gasteiger partial charge in [0.1, 0.15) is 0 Å². The highest BCUT2D eigenvalue weighted by Gasteiger charge is 2.43. The molecule has 0 saturated carbocycles. The molecule has 27 heavy (non-hydrogen) atoms. The van der Waals surface area contributed by atoms with Crippen molar-refractivity contribution in [2.75, 3.05) is 23.0 Å².